The highest BCUT2D eigenvalue weighted by Gasteiger charge is 2.17. The van der Waals surface area contributed by atoms with E-state index in [-0.39, 0.29) is 11.0 Å². The zero-order chi connectivity index (χ0) is 15.7. The molecule has 1 heterocycles. The average Bonchev–Trinajstić information content (AvgIpc) is 2.55. The SMILES string of the molecule is CSc1c(C#N)c(=O)c2ccccc2n1-c1ccccc1C. The molecule has 3 nitrogen and oxygen atoms in total. The first-order valence-electron chi connectivity index (χ1n) is 6.87. The van der Waals surface area contributed by atoms with Crippen LogP contribution >= 0.6 is 11.8 Å². The third kappa shape index (κ3) is 2.11. The standard InChI is InChI=1S/C18H14N2OS/c1-12-7-3-5-9-15(12)20-16-10-6-4-8-13(16)17(21)14(11-19)18(20)22-2/h3-10H,1-2H3. The van der Waals surface area contributed by atoms with Crippen molar-refractivity contribution in [3.05, 3.63) is 69.9 Å². The van der Waals surface area contributed by atoms with Crippen molar-refractivity contribution in [1.29, 1.82) is 5.26 Å². The summed E-state index contributed by atoms with van der Waals surface area (Å²) >= 11 is 1.42. The fraction of sp³-hybridized carbons (Fsp3) is 0.111. The number of thioether (sulfide) groups is 1. The average molecular weight is 306 g/mol. The van der Waals surface area contributed by atoms with E-state index in [4.69, 9.17) is 0 Å². The van der Waals surface area contributed by atoms with E-state index in [9.17, 15) is 10.1 Å². The van der Waals surface area contributed by atoms with Gasteiger partial charge in [-0.05, 0) is 36.9 Å². The molecule has 0 N–H and O–H groups in total. The second-order valence-electron chi connectivity index (χ2n) is 4.96. The van der Waals surface area contributed by atoms with Gasteiger partial charge in [-0.2, -0.15) is 5.26 Å². The Balaban J connectivity index is 2.59. The molecule has 0 radical (unpaired) electrons. The van der Waals surface area contributed by atoms with E-state index in [0.29, 0.717) is 10.4 Å². The van der Waals surface area contributed by atoms with Crippen LogP contribution in [0.5, 0.6) is 0 Å². The number of rotatable bonds is 2. The molecular formula is C18H14N2OS. The number of nitriles is 1. The summed E-state index contributed by atoms with van der Waals surface area (Å²) in [6.45, 7) is 2.03. The minimum Gasteiger partial charge on any atom is -0.303 e. The summed E-state index contributed by atoms with van der Waals surface area (Å²) in [4.78, 5) is 12.6. The van der Waals surface area contributed by atoms with Gasteiger partial charge in [0.25, 0.3) is 0 Å². The molecule has 0 amide bonds. The van der Waals surface area contributed by atoms with Gasteiger partial charge < -0.3 is 4.57 Å². The van der Waals surface area contributed by atoms with E-state index >= 15 is 0 Å². The van der Waals surface area contributed by atoms with Gasteiger partial charge in [0.05, 0.1) is 5.52 Å². The van der Waals surface area contributed by atoms with Crippen molar-refractivity contribution in [3.8, 4) is 11.8 Å². The van der Waals surface area contributed by atoms with Crippen molar-refractivity contribution in [3.63, 3.8) is 0 Å². The highest BCUT2D eigenvalue weighted by molar-refractivity contribution is 7.98. The van der Waals surface area contributed by atoms with Crippen molar-refractivity contribution < 1.29 is 0 Å². The summed E-state index contributed by atoms with van der Waals surface area (Å²) in [5.41, 5.74) is 2.90. The van der Waals surface area contributed by atoms with Gasteiger partial charge in [-0.25, -0.2) is 0 Å². The van der Waals surface area contributed by atoms with Crippen molar-refractivity contribution in [2.24, 2.45) is 0 Å². The number of hydrogen-bond donors (Lipinski definition) is 0. The number of fused-ring (bicyclic) bond motifs is 1. The van der Waals surface area contributed by atoms with Crippen LogP contribution in [0.3, 0.4) is 0 Å². The third-order valence-corrected chi connectivity index (χ3v) is 4.47. The highest BCUT2D eigenvalue weighted by atomic mass is 32.2. The van der Waals surface area contributed by atoms with Gasteiger partial charge in [-0.3, -0.25) is 4.79 Å². The molecule has 0 saturated carbocycles. The molecule has 2 aromatic carbocycles. The van der Waals surface area contributed by atoms with E-state index in [2.05, 4.69) is 6.07 Å². The van der Waals surface area contributed by atoms with E-state index in [1.54, 1.807) is 6.07 Å². The van der Waals surface area contributed by atoms with Crippen LogP contribution in [-0.4, -0.2) is 10.8 Å². The van der Waals surface area contributed by atoms with Crippen molar-refractivity contribution >= 4 is 22.7 Å². The number of nitrogens with zero attached hydrogens (tertiary/aromatic N) is 2. The minimum atomic E-state index is -0.202. The molecule has 4 heteroatoms. The molecule has 0 unspecified atom stereocenters. The molecule has 0 atom stereocenters. The van der Waals surface area contributed by atoms with Crippen LogP contribution < -0.4 is 5.43 Å². The highest BCUT2D eigenvalue weighted by Crippen LogP contribution is 2.28. The van der Waals surface area contributed by atoms with Crippen LogP contribution in [-0.2, 0) is 0 Å². The number of para-hydroxylation sites is 2. The molecule has 0 aliphatic carbocycles. The zero-order valence-electron chi connectivity index (χ0n) is 12.3. The number of aryl methyl sites for hydroxylation is 1. The van der Waals surface area contributed by atoms with Gasteiger partial charge >= 0.3 is 0 Å². The molecule has 0 fully saturated rings. The third-order valence-electron chi connectivity index (χ3n) is 3.70. The van der Waals surface area contributed by atoms with E-state index in [1.165, 1.54) is 11.8 Å². The predicted octanol–water partition coefficient (Wildman–Crippen LogP) is 3.89. The Bertz CT molecular complexity index is 967. The number of benzene rings is 2. The maximum atomic E-state index is 12.6. The maximum absolute atomic E-state index is 12.6. The van der Waals surface area contributed by atoms with Crippen molar-refractivity contribution in [2.45, 2.75) is 11.9 Å². The van der Waals surface area contributed by atoms with Crippen LogP contribution in [0.2, 0.25) is 0 Å². The van der Waals surface area contributed by atoms with E-state index < -0.39 is 0 Å². The van der Waals surface area contributed by atoms with Crippen LogP contribution in [0.15, 0.2) is 58.4 Å². The van der Waals surface area contributed by atoms with Gasteiger partial charge in [0.1, 0.15) is 16.7 Å². The van der Waals surface area contributed by atoms with Crippen molar-refractivity contribution in [2.75, 3.05) is 6.26 Å². The van der Waals surface area contributed by atoms with Gasteiger partial charge in [0, 0.05) is 11.1 Å². The predicted molar refractivity (Wildman–Crippen MR) is 90.8 cm³/mol. The Morgan fingerprint density at radius 2 is 1.77 bits per heavy atom. The molecular weight excluding hydrogens is 292 g/mol. The summed E-state index contributed by atoms with van der Waals surface area (Å²) in [7, 11) is 0. The number of hydrogen-bond acceptors (Lipinski definition) is 3. The van der Waals surface area contributed by atoms with E-state index in [1.807, 2.05) is 60.2 Å². The molecule has 22 heavy (non-hydrogen) atoms. The Hall–Kier alpha value is -2.51. The fourth-order valence-electron chi connectivity index (χ4n) is 2.66. The first kappa shape index (κ1) is 14.4. The summed E-state index contributed by atoms with van der Waals surface area (Å²) in [6, 6.07) is 17.5. The zero-order valence-corrected chi connectivity index (χ0v) is 13.1. The Kier molecular flexibility index (Phi) is 3.74. The lowest BCUT2D eigenvalue weighted by atomic mass is 10.1. The topological polar surface area (TPSA) is 45.8 Å². The normalized spacial score (nSPS) is 10.6. The minimum absolute atomic E-state index is 0.202. The van der Waals surface area contributed by atoms with Crippen LogP contribution in [0.25, 0.3) is 16.6 Å². The lowest BCUT2D eigenvalue weighted by Crippen LogP contribution is -2.16. The molecule has 0 saturated heterocycles. The van der Waals surface area contributed by atoms with Gasteiger partial charge in [0.2, 0.25) is 5.43 Å². The van der Waals surface area contributed by atoms with Crippen LogP contribution in [0.1, 0.15) is 11.1 Å². The van der Waals surface area contributed by atoms with E-state index in [0.717, 1.165) is 16.8 Å². The molecule has 3 rings (SSSR count). The maximum Gasteiger partial charge on any atom is 0.208 e. The quantitative estimate of drug-likeness (QED) is 0.675. The smallest absolute Gasteiger partial charge is 0.208 e. The largest absolute Gasteiger partial charge is 0.303 e. The molecule has 0 spiro atoms. The second-order valence-corrected chi connectivity index (χ2v) is 5.76. The lowest BCUT2D eigenvalue weighted by molar-refractivity contribution is 0.940. The molecule has 1 aromatic heterocycles. The Morgan fingerprint density at radius 1 is 1.09 bits per heavy atom. The fourth-order valence-corrected chi connectivity index (χ4v) is 3.38. The second kappa shape index (κ2) is 5.70. The van der Waals surface area contributed by atoms with Gasteiger partial charge in [-0.15, -0.1) is 11.8 Å². The first-order valence-corrected chi connectivity index (χ1v) is 8.09. The molecule has 0 aliphatic rings. The van der Waals surface area contributed by atoms with Crippen LogP contribution in [0.4, 0.5) is 0 Å². The summed E-state index contributed by atoms with van der Waals surface area (Å²) in [5.74, 6) is 0. The molecule has 0 aliphatic heterocycles. The summed E-state index contributed by atoms with van der Waals surface area (Å²) in [6.07, 6.45) is 1.89. The van der Waals surface area contributed by atoms with Crippen molar-refractivity contribution in [1.82, 2.24) is 4.57 Å². The lowest BCUT2D eigenvalue weighted by Gasteiger charge is -2.18. The van der Waals surface area contributed by atoms with Gasteiger partial charge in [-0.1, -0.05) is 30.3 Å². The van der Waals surface area contributed by atoms with Crippen LogP contribution in [0, 0.1) is 18.3 Å². The first-order chi connectivity index (χ1) is 10.7. The van der Waals surface area contributed by atoms with Gasteiger partial charge in [0.15, 0.2) is 0 Å². The Morgan fingerprint density at radius 3 is 2.45 bits per heavy atom. The number of pyridine rings is 1. The number of aromatic nitrogens is 1. The molecule has 3 aromatic rings. The summed E-state index contributed by atoms with van der Waals surface area (Å²) < 4.78 is 2.01. The molecule has 0 bridgehead atoms. The summed E-state index contributed by atoms with van der Waals surface area (Å²) in [5, 5.41) is 10.7. The Labute approximate surface area is 132 Å². The molecule has 108 valence electrons. The monoisotopic (exact) mass is 306 g/mol.